The first kappa shape index (κ1) is 29.5. The van der Waals surface area contributed by atoms with E-state index in [0.717, 1.165) is 16.7 Å². The summed E-state index contributed by atoms with van der Waals surface area (Å²) in [6.07, 6.45) is 4.84. The Bertz CT molecular complexity index is 1290. The minimum absolute atomic E-state index is 0.0505. The first-order chi connectivity index (χ1) is 18.7. The normalized spacial score (nSPS) is 12.0. The minimum atomic E-state index is -1.13. The van der Waals surface area contributed by atoms with Crippen LogP contribution < -0.4 is 9.47 Å². The highest BCUT2D eigenvalue weighted by Crippen LogP contribution is 2.45. The maximum Gasteiger partial charge on any atom is 0.313 e. The van der Waals surface area contributed by atoms with Gasteiger partial charge in [-0.15, -0.1) is 0 Å². The fourth-order valence-electron chi connectivity index (χ4n) is 4.12. The third-order valence-electron chi connectivity index (χ3n) is 5.99. The Hall–Kier alpha value is -4.04. The molecule has 206 valence electrons. The SMILES string of the molecule is CCOC(=O)CC(=O)CC(O)/C=C/c1c(C(C)C)cc(OC)c(OCc2ccncc2)c1-c1ccc(F)cc1. The average Bonchev–Trinajstić information content (AvgIpc) is 2.91. The second kappa shape index (κ2) is 14.2. The number of pyridine rings is 1. The molecule has 0 aliphatic rings. The molecule has 7 nitrogen and oxygen atoms in total. The summed E-state index contributed by atoms with van der Waals surface area (Å²) < 4.78 is 30.7. The van der Waals surface area contributed by atoms with Crippen LogP contribution in [0.5, 0.6) is 11.5 Å². The van der Waals surface area contributed by atoms with Crippen LogP contribution in [0.25, 0.3) is 17.2 Å². The zero-order valence-corrected chi connectivity index (χ0v) is 22.6. The summed E-state index contributed by atoms with van der Waals surface area (Å²) in [6.45, 7) is 6.13. The molecule has 0 aliphatic carbocycles. The van der Waals surface area contributed by atoms with Crippen LogP contribution in [0.4, 0.5) is 4.39 Å². The third kappa shape index (κ3) is 8.22. The highest BCUT2D eigenvalue weighted by atomic mass is 19.1. The van der Waals surface area contributed by atoms with Crippen molar-refractivity contribution in [2.24, 2.45) is 0 Å². The summed E-state index contributed by atoms with van der Waals surface area (Å²) in [4.78, 5) is 27.9. The number of benzene rings is 2. The summed E-state index contributed by atoms with van der Waals surface area (Å²) in [7, 11) is 1.56. The lowest BCUT2D eigenvalue weighted by Crippen LogP contribution is -2.16. The highest BCUT2D eigenvalue weighted by molar-refractivity contribution is 5.96. The quantitative estimate of drug-likeness (QED) is 0.216. The Morgan fingerprint density at radius 3 is 2.41 bits per heavy atom. The van der Waals surface area contributed by atoms with Gasteiger partial charge in [-0.3, -0.25) is 14.6 Å². The average molecular weight is 536 g/mol. The Morgan fingerprint density at radius 1 is 1.10 bits per heavy atom. The molecular weight excluding hydrogens is 501 g/mol. The van der Waals surface area contributed by atoms with Gasteiger partial charge in [0.15, 0.2) is 11.5 Å². The number of ketones is 1. The maximum atomic E-state index is 13.9. The van der Waals surface area contributed by atoms with Crippen molar-refractivity contribution in [3.05, 3.63) is 83.4 Å². The van der Waals surface area contributed by atoms with Crippen molar-refractivity contribution in [2.45, 2.75) is 52.2 Å². The number of hydrogen-bond donors (Lipinski definition) is 1. The van der Waals surface area contributed by atoms with Gasteiger partial charge in [-0.1, -0.05) is 38.1 Å². The fraction of sp³-hybridized carbons (Fsp3) is 0.323. The number of halogens is 1. The van der Waals surface area contributed by atoms with Crippen LogP contribution in [-0.2, 0) is 20.9 Å². The Morgan fingerprint density at radius 2 is 1.79 bits per heavy atom. The molecule has 3 rings (SSSR count). The standard InChI is InChI=1S/C31H34FNO6/c1-5-38-29(36)17-25(35)16-24(34)10-11-26-27(20(2)3)18-28(37-4)31(39-19-21-12-14-33-15-13-21)30(26)22-6-8-23(32)9-7-22/h6-15,18,20,24,34H,5,16-17,19H2,1-4H3/b11-10+. The number of carbonyl (C=O) groups excluding carboxylic acids is 2. The first-order valence-electron chi connectivity index (χ1n) is 12.8. The lowest BCUT2D eigenvalue weighted by Gasteiger charge is -2.22. The summed E-state index contributed by atoms with van der Waals surface area (Å²) in [5, 5.41) is 10.6. The molecule has 0 amide bonds. The maximum absolute atomic E-state index is 13.9. The van der Waals surface area contributed by atoms with E-state index in [0.29, 0.717) is 22.6 Å². The minimum Gasteiger partial charge on any atom is -0.493 e. The molecule has 2 aromatic carbocycles. The van der Waals surface area contributed by atoms with Crippen LogP contribution in [0.15, 0.2) is 60.9 Å². The Labute approximate surface area is 228 Å². The van der Waals surface area contributed by atoms with Crippen molar-refractivity contribution in [2.75, 3.05) is 13.7 Å². The van der Waals surface area contributed by atoms with E-state index < -0.39 is 24.3 Å². The molecule has 0 spiro atoms. The predicted molar refractivity (Wildman–Crippen MR) is 147 cm³/mol. The largest absolute Gasteiger partial charge is 0.493 e. The van der Waals surface area contributed by atoms with Gasteiger partial charge in [-0.2, -0.15) is 0 Å². The fourth-order valence-corrected chi connectivity index (χ4v) is 4.12. The van der Waals surface area contributed by atoms with Crippen molar-refractivity contribution in [1.82, 2.24) is 4.98 Å². The molecule has 0 fully saturated rings. The number of ether oxygens (including phenoxy) is 3. The molecule has 0 bridgehead atoms. The topological polar surface area (TPSA) is 95.0 Å². The van der Waals surface area contributed by atoms with Crippen molar-refractivity contribution >= 4 is 17.8 Å². The van der Waals surface area contributed by atoms with Crippen molar-refractivity contribution in [3.63, 3.8) is 0 Å². The number of aliphatic hydroxyl groups is 1. The molecule has 1 unspecified atom stereocenters. The Kier molecular flexibility index (Phi) is 10.8. The molecule has 8 heteroatoms. The van der Waals surface area contributed by atoms with Gasteiger partial charge in [0.1, 0.15) is 24.6 Å². The molecule has 1 heterocycles. The van der Waals surface area contributed by atoms with Crippen LogP contribution in [-0.4, -0.2) is 41.7 Å². The van der Waals surface area contributed by atoms with Crippen LogP contribution in [0.3, 0.4) is 0 Å². The summed E-state index contributed by atoms with van der Waals surface area (Å²) in [6, 6.07) is 11.6. The zero-order chi connectivity index (χ0) is 28.4. The van der Waals surface area contributed by atoms with Gasteiger partial charge >= 0.3 is 5.97 Å². The molecule has 0 saturated carbocycles. The van der Waals surface area contributed by atoms with Gasteiger partial charge < -0.3 is 19.3 Å². The van der Waals surface area contributed by atoms with Gasteiger partial charge in [-0.25, -0.2) is 4.39 Å². The first-order valence-corrected chi connectivity index (χ1v) is 12.8. The molecule has 0 aliphatic heterocycles. The molecule has 1 aromatic heterocycles. The number of carbonyl (C=O) groups is 2. The number of esters is 1. The van der Waals surface area contributed by atoms with Gasteiger partial charge in [0, 0.05) is 24.4 Å². The third-order valence-corrected chi connectivity index (χ3v) is 5.99. The number of aliphatic hydroxyl groups excluding tert-OH is 1. The van der Waals surface area contributed by atoms with E-state index in [4.69, 9.17) is 14.2 Å². The van der Waals surface area contributed by atoms with Crippen LogP contribution in [0, 0.1) is 5.82 Å². The van der Waals surface area contributed by atoms with E-state index >= 15 is 0 Å². The monoisotopic (exact) mass is 535 g/mol. The van der Waals surface area contributed by atoms with Gasteiger partial charge in [-0.05, 0) is 65.4 Å². The number of nitrogens with zero attached hydrogens (tertiary/aromatic N) is 1. The van der Waals surface area contributed by atoms with Crippen LogP contribution >= 0.6 is 0 Å². The smallest absolute Gasteiger partial charge is 0.313 e. The molecule has 1 N–H and O–H groups in total. The summed E-state index contributed by atoms with van der Waals surface area (Å²) >= 11 is 0. The number of hydrogen-bond acceptors (Lipinski definition) is 7. The number of methoxy groups -OCH3 is 1. The van der Waals surface area contributed by atoms with Gasteiger partial charge in [0.2, 0.25) is 0 Å². The number of aromatic nitrogens is 1. The number of Topliss-reactive ketones (excluding diaryl/α,β-unsaturated/α-hetero) is 1. The lowest BCUT2D eigenvalue weighted by atomic mass is 9.88. The van der Waals surface area contributed by atoms with Crippen LogP contribution in [0.1, 0.15) is 56.2 Å². The molecular formula is C31H34FNO6. The number of rotatable bonds is 13. The van der Waals surface area contributed by atoms with E-state index in [-0.39, 0.29) is 31.4 Å². The second-order valence-corrected chi connectivity index (χ2v) is 9.24. The van der Waals surface area contributed by atoms with Gasteiger partial charge in [0.25, 0.3) is 0 Å². The summed E-state index contributed by atoms with van der Waals surface area (Å²) in [5.74, 6) is -0.408. The second-order valence-electron chi connectivity index (χ2n) is 9.24. The van der Waals surface area contributed by atoms with E-state index in [1.54, 1.807) is 44.6 Å². The Balaban J connectivity index is 2.07. The van der Waals surface area contributed by atoms with E-state index in [1.165, 1.54) is 18.2 Å². The van der Waals surface area contributed by atoms with Crippen molar-refractivity contribution in [3.8, 4) is 22.6 Å². The molecule has 39 heavy (non-hydrogen) atoms. The van der Waals surface area contributed by atoms with E-state index in [1.807, 2.05) is 32.0 Å². The van der Waals surface area contributed by atoms with Crippen LogP contribution in [0.2, 0.25) is 0 Å². The lowest BCUT2D eigenvalue weighted by molar-refractivity contribution is -0.145. The van der Waals surface area contributed by atoms with E-state index in [9.17, 15) is 19.1 Å². The molecule has 0 saturated heterocycles. The highest BCUT2D eigenvalue weighted by Gasteiger charge is 2.23. The van der Waals surface area contributed by atoms with E-state index in [2.05, 4.69) is 4.98 Å². The van der Waals surface area contributed by atoms with Crippen molar-refractivity contribution < 1.29 is 33.3 Å². The predicted octanol–water partition coefficient (Wildman–Crippen LogP) is 5.89. The van der Waals surface area contributed by atoms with Gasteiger partial charge in [0.05, 0.1) is 19.8 Å². The molecule has 3 aromatic rings. The zero-order valence-electron chi connectivity index (χ0n) is 22.6. The van der Waals surface area contributed by atoms with Crippen molar-refractivity contribution in [1.29, 1.82) is 0 Å². The summed E-state index contributed by atoms with van der Waals surface area (Å²) in [5.41, 5.74) is 3.89. The molecule has 0 radical (unpaired) electrons. The molecule has 1 atom stereocenters.